The van der Waals surface area contributed by atoms with E-state index in [1.165, 1.54) is 17.3 Å². The standard InChI is InChI=1S/C18H22N4O5S/c1-11-9-13-10-14(3-4-15(13)22(11)12(2)23)28(26,27)21-7-5-18(6-8-21)16(24)19-17(25)20-18/h3-4,10-11H,5-9H2,1-2H3,(H2,19,20,24,25)/t11-/m0/s1. The zero-order chi connectivity index (χ0) is 20.3. The average molecular weight is 406 g/mol. The molecule has 0 radical (unpaired) electrons. The van der Waals surface area contributed by atoms with Gasteiger partial charge in [0.25, 0.3) is 5.91 Å². The van der Waals surface area contributed by atoms with Crippen LogP contribution in [-0.2, 0) is 26.0 Å². The van der Waals surface area contributed by atoms with Crippen LogP contribution in [0.3, 0.4) is 0 Å². The summed E-state index contributed by atoms with van der Waals surface area (Å²) in [6, 6.07) is 4.30. The van der Waals surface area contributed by atoms with Gasteiger partial charge in [-0.25, -0.2) is 13.2 Å². The topological polar surface area (TPSA) is 116 Å². The Bertz CT molecular complexity index is 982. The zero-order valence-corrected chi connectivity index (χ0v) is 16.5. The molecule has 2 saturated heterocycles. The molecule has 0 saturated carbocycles. The van der Waals surface area contributed by atoms with E-state index in [2.05, 4.69) is 10.6 Å². The Balaban J connectivity index is 1.56. The van der Waals surface area contributed by atoms with Crippen LogP contribution in [0, 0.1) is 0 Å². The van der Waals surface area contributed by atoms with Gasteiger partial charge in [0.05, 0.1) is 4.90 Å². The molecule has 4 amide bonds. The molecule has 150 valence electrons. The van der Waals surface area contributed by atoms with Crippen molar-refractivity contribution in [3.63, 3.8) is 0 Å². The Morgan fingerprint density at radius 3 is 2.46 bits per heavy atom. The molecule has 28 heavy (non-hydrogen) atoms. The summed E-state index contributed by atoms with van der Waals surface area (Å²) in [5, 5.41) is 4.85. The number of imide groups is 1. The number of fused-ring (bicyclic) bond motifs is 1. The molecule has 0 aromatic heterocycles. The Kier molecular flexibility index (Phi) is 4.23. The highest BCUT2D eigenvalue weighted by Gasteiger charge is 2.49. The summed E-state index contributed by atoms with van der Waals surface area (Å²) in [4.78, 5) is 37.2. The van der Waals surface area contributed by atoms with Crippen LogP contribution in [0.1, 0.15) is 32.3 Å². The zero-order valence-electron chi connectivity index (χ0n) is 15.7. The molecule has 1 aromatic rings. The van der Waals surface area contributed by atoms with E-state index < -0.39 is 27.5 Å². The van der Waals surface area contributed by atoms with E-state index in [4.69, 9.17) is 0 Å². The van der Waals surface area contributed by atoms with Crippen LogP contribution in [0.15, 0.2) is 23.1 Å². The maximum atomic E-state index is 13.1. The predicted molar refractivity (Wildman–Crippen MR) is 100 cm³/mol. The fourth-order valence-corrected chi connectivity index (χ4v) is 5.88. The fourth-order valence-electron chi connectivity index (χ4n) is 4.39. The van der Waals surface area contributed by atoms with Crippen LogP contribution < -0.4 is 15.5 Å². The van der Waals surface area contributed by atoms with Crippen molar-refractivity contribution in [1.29, 1.82) is 0 Å². The fraction of sp³-hybridized carbons (Fsp3) is 0.500. The van der Waals surface area contributed by atoms with E-state index >= 15 is 0 Å². The summed E-state index contributed by atoms with van der Waals surface area (Å²) >= 11 is 0. The van der Waals surface area contributed by atoms with Crippen LogP contribution in [0.4, 0.5) is 10.5 Å². The summed E-state index contributed by atoms with van der Waals surface area (Å²) in [7, 11) is -3.73. The second-order valence-corrected chi connectivity index (χ2v) is 9.57. The highest BCUT2D eigenvalue weighted by Crippen LogP contribution is 2.35. The van der Waals surface area contributed by atoms with E-state index in [-0.39, 0.29) is 42.8 Å². The van der Waals surface area contributed by atoms with Gasteiger partial charge >= 0.3 is 6.03 Å². The second kappa shape index (κ2) is 6.28. The number of carbonyl (C=O) groups excluding carboxylic acids is 3. The molecular weight excluding hydrogens is 384 g/mol. The Hall–Kier alpha value is -2.46. The van der Waals surface area contributed by atoms with Crippen molar-refractivity contribution in [2.45, 2.75) is 49.6 Å². The first-order chi connectivity index (χ1) is 13.1. The minimum atomic E-state index is -3.73. The first-order valence-electron chi connectivity index (χ1n) is 9.20. The molecule has 2 fully saturated rings. The quantitative estimate of drug-likeness (QED) is 0.688. The van der Waals surface area contributed by atoms with Gasteiger partial charge in [0.2, 0.25) is 15.9 Å². The number of piperidine rings is 1. The van der Waals surface area contributed by atoms with Crippen LogP contribution in [0.25, 0.3) is 0 Å². The number of nitrogens with one attached hydrogen (secondary N) is 2. The van der Waals surface area contributed by atoms with E-state index in [9.17, 15) is 22.8 Å². The van der Waals surface area contributed by atoms with Crippen molar-refractivity contribution >= 4 is 33.6 Å². The number of urea groups is 1. The molecule has 1 atom stereocenters. The van der Waals surface area contributed by atoms with Crippen molar-refractivity contribution in [2.24, 2.45) is 0 Å². The molecule has 1 aromatic carbocycles. The van der Waals surface area contributed by atoms with Gasteiger partial charge in [-0.15, -0.1) is 0 Å². The highest BCUT2D eigenvalue weighted by molar-refractivity contribution is 7.89. The van der Waals surface area contributed by atoms with Gasteiger partial charge in [0.15, 0.2) is 0 Å². The van der Waals surface area contributed by atoms with Gasteiger partial charge < -0.3 is 10.2 Å². The SMILES string of the molecule is CC(=O)N1c2ccc(S(=O)(=O)N3CCC4(CC3)NC(=O)NC4=O)cc2C[C@@H]1C. The lowest BCUT2D eigenvalue weighted by atomic mass is 9.89. The number of hydrogen-bond acceptors (Lipinski definition) is 5. The number of sulfonamides is 1. The summed E-state index contributed by atoms with van der Waals surface area (Å²) in [5.41, 5.74) is 0.569. The van der Waals surface area contributed by atoms with E-state index in [0.717, 1.165) is 11.3 Å². The van der Waals surface area contributed by atoms with Crippen LogP contribution >= 0.6 is 0 Å². The molecule has 10 heteroatoms. The molecule has 1 spiro atoms. The molecule has 9 nitrogen and oxygen atoms in total. The van der Waals surface area contributed by atoms with Crippen LogP contribution in [0.2, 0.25) is 0 Å². The lowest BCUT2D eigenvalue weighted by Crippen LogP contribution is -2.55. The van der Waals surface area contributed by atoms with Crippen molar-refractivity contribution < 1.29 is 22.8 Å². The number of nitrogens with zero attached hydrogens (tertiary/aromatic N) is 2. The first kappa shape index (κ1) is 18.9. The number of rotatable bonds is 2. The minimum absolute atomic E-state index is 0.00945. The van der Waals surface area contributed by atoms with Crippen LogP contribution in [-0.4, -0.2) is 55.2 Å². The third kappa shape index (κ3) is 2.78. The molecule has 3 aliphatic heterocycles. The number of amides is 4. The second-order valence-electron chi connectivity index (χ2n) is 7.63. The lowest BCUT2D eigenvalue weighted by Gasteiger charge is -2.36. The summed E-state index contributed by atoms with van der Waals surface area (Å²) in [6.07, 6.45) is 1.06. The molecule has 4 rings (SSSR count). The minimum Gasteiger partial charge on any atom is -0.323 e. The van der Waals surface area contributed by atoms with E-state index in [0.29, 0.717) is 6.42 Å². The monoisotopic (exact) mass is 406 g/mol. The van der Waals surface area contributed by atoms with Crippen molar-refractivity contribution in [1.82, 2.24) is 14.9 Å². The molecule has 0 aliphatic carbocycles. The Labute approximate surface area is 163 Å². The van der Waals surface area contributed by atoms with Crippen molar-refractivity contribution in [3.8, 4) is 0 Å². The van der Waals surface area contributed by atoms with E-state index in [1.807, 2.05) is 6.92 Å². The highest BCUT2D eigenvalue weighted by atomic mass is 32.2. The largest absolute Gasteiger partial charge is 0.323 e. The van der Waals surface area contributed by atoms with Gasteiger partial charge in [0, 0.05) is 31.7 Å². The molecule has 0 bridgehead atoms. The average Bonchev–Trinajstić information content (AvgIpc) is 3.09. The Morgan fingerprint density at radius 2 is 1.89 bits per heavy atom. The normalized spacial score (nSPS) is 24.2. The summed E-state index contributed by atoms with van der Waals surface area (Å²) in [5.74, 6) is -0.467. The maximum absolute atomic E-state index is 13.1. The van der Waals surface area contributed by atoms with Crippen LogP contribution in [0.5, 0.6) is 0 Å². The van der Waals surface area contributed by atoms with Gasteiger partial charge in [-0.1, -0.05) is 0 Å². The molecule has 0 unspecified atom stereocenters. The van der Waals surface area contributed by atoms with Gasteiger partial charge in [0.1, 0.15) is 5.54 Å². The molecular formula is C18H22N4O5S. The maximum Gasteiger partial charge on any atom is 0.322 e. The molecule has 2 N–H and O–H groups in total. The Morgan fingerprint density at radius 1 is 1.21 bits per heavy atom. The molecule has 3 heterocycles. The van der Waals surface area contributed by atoms with Crippen molar-refractivity contribution in [2.75, 3.05) is 18.0 Å². The van der Waals surface area contributed by atoms with Gasteiger partial charge in [-0.2, -0.15) is 4.31 Å². The predicted octanol–water partition coefficient (Wildman–Crippen LogP) is 0.347. The van der Waals surface area contributed by atoms with Gasteiger partial charge in [-0.05, 0) is 49.9 Å². The summed E-state index contributed by atoms with van der Waals surface area (Å²) < 4.78 is 27.5. The van der Waals surface area contributed by atoms with Crippen molar-refractivity contribution in [3.05, 3.63) is 23.8 Å². The van der Waals surface area contributed by atoms with E-state index in [1.54, 1.807) is 17.0 Å². The summed E-state index contributed by atoms with van der Waals surface area (Å²) in [6.45, 7) is 3.71. The third-order valence-electron chi connectivity index (χ3n) is 5.83. The van der Waals surface area contributed by atoms with Gasteiger partial charge in [-0.3, -0.25) is 14.9 Å². The number of benzene rings is 1. The number of hydrogen-bond donors (Lipinski definition) is 2. The first-order valence-corrected chi connectivity index (χ1v) is 10.6. The number of carbonyl (C=O) groups is 3. The third-order valence-corrected chi connectivity index (χ3v) is 7.73. The smallest absolute Gasteiger partial charge is 0.322 e. The lowest BCUT2D eigenvalue weighted by molar-refractivity contribution is -0.125. The number of anilines is 1. The molecule has 3 aliphatic rings.